The van der Waals surface area contributed by atoms with Crippen molar-refractivity contribution < 1.29 is 17.9 Å². The molecule has 0 unspecified atom stereocenters. The van der Waals surface area contributed by atoms with E-state index >= 15 is 0 Å². The molecule has 19 heavy (non-hydrogen) atoms. The topological polar surface area (TPSA) is 125 Å². The Hall–Kier alpha value is -2.07. The van der Waals surface area contributed by atoms with Crippen LogP contribution in [0, 0.1) is 10.1 Å². The molecule has 0 saturated heterocycles. The Morgan fingerprint density at radius 1 is 1.37 bits per heavy atom. The third kappa shape index (κ3) is 5.88. The van der Waals surface area contributed by atoms with Crippen molar-refractivity contribution in [1.29, 1.82) is 0 Å². The molecule has 0 aliphatic heterocycles. The van der Waals surface area contributed by atoms with Crippen molar-refractivity contribution in [3.05, 3.63) is 34.4 Å². The number of non-ortho nitro benzene ring substituents is 1. The molecule has 0 heterocycles. The van der Waals surface area contributed by atoms with Crippen LogP contribution >= 0.6 is 0 Å². The summed E-state index contributed by atoms with van der Waals surface area (Å²) in [7, 11) is -2.55. The summed E-state index contributed by atoms with van der Waals surface area (Å²) in [4.78, 5) is 9.89. The Bertz CT molecular complexity index is 569. The lowest BCUT2D eigenvalue weighted by Crippen LogP contribution is -2.20. The van der Waals surface area contributed by atoms with Crippen LogP contribution in [0.2, 0.25) is 0 Å². The molecule has 0 atom stereocenters. The molecule has 1 aromatic rings. The van der Waals surface area contributed by atoms with E-state index in [9.17, 15) is 18.5 Å². The Morgan fingerprint density at radius 3 is 2.42 bits per heavy atom. The molecule has 1 rings (SSSR count). The summed E-state index contributed by atoms with van der Waals surface area (Å²) in [5.41, 5.74) is 0.336. The van der Waals surface area contributed by atoms with E-state index in [4.69, 9.17) is 4.55 Å². The van der Waals surface area contributed by atoms with Crippen LogP contribution in [-0.2, 0) is 10.1 Å². The van der Waals surface area contributed by atoms with Crippen molar-refractivity contribution in [1.82, 2.24) is 5.01 Å². The van der Waals surface area contributed by atoms with Gasteiger partial charge in [-0.3, -0.25) is 19.7 Å². The molecular weight excluding hydrogens is 276 g/mol. The number of nitro benzene ring substituents is 1. The second-order valence-electron chi connectivity index (χ2n) is 3.63. The van der Waals surface area contributed by atoms with E-state index in [0.717, 1.165) is 0 Å². The molecule has 0 radical (unpaired) electrons. The van der Waals surface area contributed by atoms with Gasteiger partial charge in [-0.2, -0.15) is 8.42 Å². The fraction of sp³-hybridized carbons (Fsp3) is 0.333. The average molecular weight is 288 g/mol. The molecule has 0 amide bonds. The fourth-order valence-electron chi connectivity index (χ4n) is 1.06. The number of nitro groups is 1. The van der Waals surface area contributed by atoms with Gasteiger partial charge in [0, 0.05) is 19.2 Å². The summed E-state index contributed by atoms with van der Waals surface area (Å²) in [6.45, 7) is -0.0185. The van der Waals surface area contributed by atoms with Gasteiger partial charge in [-0.25, -0.2) is 0 Å². The lowest BCUT2D eigenvalue weighted by molar-refractivity contribution is -0.384. The van der Waals surface area contributed by atoms with Crippen LogP contribution < -0.4 is 0 Å². The van der Waals surface area contributed by atoms with Crippen LogP contribution in [0.3, 0.4) is 0 Å². The van der Waals surface area contributed by atoms with Gasteiger partial charge >= 0.3 is 0 Å². The van der Waals surface area contributed by atoms with Gasteiger partial charge in [-0.15, -0.1) is 5.11 Å². The molecule has 0 spiro atoms. The molecule has 104 valence electrons. The van der Waals surface area contributed by atoms with Crippen molar-refractivity contribution in [2.45, 2.75) is 0 Å². The third-order valence-corrected chi connectivity index (χ3v) is 2.74. The lowest BCUT2D eigenvalue weighted by Gasteiger charge is -2.08. The van der Waals surface area contributed by atoms with Gasteiger partial charge < -0.3 is 0 Å². The van der Waals surface area contributed by atoms with Gasteiger partial charge in [0.15, 0.2) is 0 Å². The first-order valence-electron chi connectivity index (χ1n) is 5.10. The summed E-state index contributed by atoms with van der Waals surface area (Å²) in [5, 5.41) is 19.1. The molecule has 0 bridgehead atoms. The van der Waals surface area contributed by atoms with Gasteiger partial charge in [-0.1, -0.05) is 5.22 Å². The maximum Gasteiger partial charge on any atom is 0.269 e. The first kappa shape index (κ1) is 15.0. The van der Waals surface area contributed by atoms with Crippen molar-refractivity contribution in [2.24, 2.45) is 10.3 Å². The van der Waals surface area contributed by atoms with Crippen LogP contribution in [0.25, 0.3) is 0 Å². The zero-order valence-corrected chi connectivity index (χ0v) is 10.8. The first-order valence-corrected chi connectivity index (χ1v) is 6.71. The van der Waals surface area contributed by atoms with Crippen LogP contribution in [-0.4, -0.2) is 42.2 Å². The fourth-order valence-corrected chi connectivity index (χ4v) is 1.56. The highest BCUT2D eigenvalue weighted by atomic mass is 32.2. The Balaban J connectivity index is 2.58. The minimum Gasteiger partial charge on any atom is -0.285 e. The SMILES string of the molecule is CN(CCS(=O)(=O)O)N=Nc1ccc([N+](=O)[O-])cc1. The van der Waals surface area contributed by atoms with Crippen LogP contribution in [0.4, 0.5) is 11.4 Å². The molecule has 9 nitrogen and oxygen atoms in total. The van der Waals surface area contributed by atoms with Gasteiger partial charge in [-0.05, 0) is 12.1 Å². The largest absolute Gasteiger partial charge is 0.285 e. The van der Waals surface area contributed by atoms with E-state index in [1.54, 1.807) is 0 Å². The average Bonchev–Trinajstić information content (AvgIpc) is 2.33. The summed E-state index contributed by atoms with van der Waals surface area (Å²) in [6.07, 6.45) is 0. The Morgan fingerprint density at radius 2 is 1.95 bits per heavy atom. The molecule has 0 aliphatic carbocycles. The highest BCUT2D eigenvalue weighted by molar-refractivity contribution is 7.85. The second-order valence-corrected chi connectivity index (χ2v) is 5.20. The molecule has 0 fully saturated rings. The summed E-state index contributed by atoms with van der Waals surface area (Å²) in [6, 6.07) is 5.40. The normalized spacial score (nSPS) is 11.7. The lowest BCUT2D eigenvalue weighted by atomic mass is 10.3. The van der Waals surface area contributed by atoms with Crippen molar-refractivity contribution >= 4 is 21.5 Å². The molecule has 0 aromatic heterocycles. The van der Waals surface area contributed by atoms with E-state index in [1.165, 1.54) is 36.3 Å². The number of benzene rings is 1. The monoisotopic (exact) mass is 288 g/mol. The zero-order chi connectivity index (χ0) is 14.5. The van der Waals surface area contributed by atoms with Crippen molar-refractivity contribution in [2.75, 3.05) is 19.3 Å². The maximum atomic E-state index is 10.5. The Labute approximate surface area is 109 Å². The van der Waals surface area contributed by atoms with Crippen LogP contribution in [0.5, 0.6) is 0 Å². The predicted octanol–water partition coefficient (Wildman–Crippen LogP) is 1.41. The highest BCUT2D eigenvalue weighted by Gasteiger charge is 2.06. The van der Waals surface area contributed by atoms with Gasteiger partial charge in [0.1, 0.15) is 0 Å². The molecule has 1 aromatic carbocycles. The molecule has 0 aliphatic rings. The summed E-state index contributed by atoms with van der Waals surface area (Å²) >= 11 is 0. The minimum absolute atomic E-state index is 0.0185. The van der Waals surface area contributed by atoms with E-state index in [1.807, 2.05) is 0 Å². The van der Waals surface area contributed by atoms with E-state index in [-0.39, 0.29) is 12.2 Å². The summed E-state index contributed by atoms with van der Waals surface area (Å²) < 4.78 is 29.6. The molecule has 10 heteroatoms. The first-order chi connectivity index (χ1) is 8.78. The second kappa shape index (κ2) is 6.20. The number of hydrogen-bond donors (Lipinski definition) is 1. The third-order valence-electron chi connectivity index (χ3n) is 2.05. The summed E-state index contributed by atoms with van der Waals surface area (Å²) in [5.74, 6) is -0.456. The molecule has 1 N–H and O–H groups in total. The number of nitrogens with zero attached hydrogens (tertiary/aromatic N) is 4. The van der Waals surface area contributed by atoms with Gasteiger partial charge in [0.25, 0.3) is 15.8 Å². The Kier molecular flexibility index (Phi) is 4.89. The standard InChI is InChI=1S/C9H12N4O5S/c1-12(6-7-19(16,17)18)11-10-8-2-4-9(5-3-8)13(14)15/h2-5H,6-7H2,1H3,(H,16,17,18). The quantitative estimate of drug-likeness (QED) is 0.365. The van der Waals surface area contributed by atoms with Crippen LogP contribution in [0.1, 0.15) is 0 Å². The van der Waals surface area contributed by atoms with Crippen LogP contribution in [0.15, 0.2) is 34.6 Å². The van der Waals surface area contributed by atoms with E-state index in [0.29, 0.717) is 5.69 Å². The van der Waals surface area contributed by atoms with Gasteiger partial charge in [0.2, 0.25) is 0 Å². The van der Waals surface area contributed by atoms with E-state index < -0.39 is 20.8 Å². The minimum atomic E-state index is -4.04. The maximum absolute atomic E-state index is 10.5. The van der Waals surface area contributed by atoms with E-state index in [2.05, 4.69) is 10.3 Å². The smallest absolute Gasteiger partial charge is 0.269 e. The zero-order valence-electron chi connectivity index (χ0n) is 10.0. The molecule has 0 saturated carbocycles. The highest BCUT2D eigenvalue weighted by Crippen LogP contribution is 2.18. The van der Waals surface area contributed by atoms with Crippen molar-refractivity contribution in [3.63, 3.8) is 0 Å². The van der Waals surface area contributed by atoms with Gasteiger partial charge in [0.05, 0.1) is 22.9 Å². The predicted molar refractivity (Wildman–Crippen MR) is 66.7 cm³/mol. The number of hydrogen-bond acceptors (Lipinski definition) is 6. The number of rotatable bonds is 6. The molecular formula is C9H12N4O5S. The van der Waals surface area contributed by atoms with Crippen molar-refractivity contribution in [3.8, 4) is 0 Å².